The zero-order chi connectivity index (χ0) is 14.4. The monoisotopic (exact) mass is 291 g/mol. The van der Waals surface area contributed by atoms with E-state index in [0.29, 0.717) is 0 Å². The maximum atomic E-state index is 10.8. The predicted molar refractivity (Wildman–Crippen MR) is 74.7 cm³/mol. The molecule has 1 heterocycles. The van der Waals surface area contributed by atoms with Crippen LogP contribution >= 0.6 is 11.6 Å². The van der Waals surface area contributed by atoms with E-state index in [9.17, 15) is 10.1 Å². The molecular formula is C13H10ClN3O3. The summed E-state index contributed by atoms with van der Waals surface area (Å²) in [6.45, 7) is 0.142. The summed E-state index contributed by atoms with van der Waals surface area (Å²) in [7, 11) is 0. The second-order valence-corrected chi connectivity index (χ2v) is 4.06. The third-order valence-electron chi connectivity index (χ3n) is 2.35. The smallest absolute Gasteiger partial charge is 0.367 e. The fourth-order valence-corrected chi connectivity index (χ4v) is 1.67. The summed E-state index contributed by atoms with van der Waals surface area (Å²) in [5.41, 5.74) is 0.577. The van der Waals surface area contributed by atoms with Crippen LogP contribution in [0.15, 0.2) is 42.7 Å². The highest BCUT2D eigenvalue weighted by molar-refractivity contribution is 6.31. The summed E-state index contributed by atoms with van der Waals surface area (Å²) in [6, 6.07) is 9.60. The van der Waals surface area contributed by atoms with E-state index in [1.807, 2.05) is 36.4 Å². The molecule has 20 heavy (non-hydrogen) atoms. The molecule has 0 fully saturated rings. The highest BCUT2D eigenvalue weighted by Gasteiger charge is 2.22. The van der Waals surface area contributed by atoms with E-state index >= 15 is 0 Å². The summed E-state index contributed by atoms with van der Waals surface area (Å²) in [5.74, 6) is -0.146. The van der Waals surface area contributed by atoms with Crippen molar-refractivity contribution >= 4 is 23.4 Å². The van der Waals surface area contributed by atoms with Crippen LogP contribution in [0, 0.1) is 10.1 Å². The first-order chi connectivity index (χ1) is 9.68. The van der Waals surface area contributed by atoms with Crippen LogP contribution in [0.1, 0.15) is 5.56 Å². The normalized spacial score (nSPS) is 10.7. The van der Waals surface area contributed by atoms with Crippen molar-refractivity contribution in [1.29, 1.82) is 0 Å². The van der Waals surface area contributed by atoms with Gasteiger partial charge in [0.15, 0.2) is 0 Å². The minimum Gasteiger partial charge on any atom is -0.468 e. The second-order valence-electron chi connectivity index (χ2n) is 3.70. The van der Waals surface area contributed by atoms with Gasteiger partial charge >= 0.3 is 5.69 Å². The first kappa shape index (κ1) is 14.0. The first-order valence-corrected chi connectivity index (χ1v) is 6.05. The lowest BCUT2D eigenvalue weighted by Gasteiger charge is -2.03. The van der Waals surface area contributed by atoms with Crippen LogP contribution < -0.4 is 4.74 Å². The topological polar surface area (TPSA) is 78.2 Å². The van der Waals surface area contributed by atoms with Crippen molar-refractivity contribution in [2.75, 3.05) is 6.61 Å². The lowest BCUT2D eigenvalue weighted by Crippen LogP contribution is -2.02. The molecular weight excluding hydrogens is 282 g/mol. The van der Waals surface area contributed by atoms with Crippen molar-refractivity contribution in [2.24, 2.45) is 0 Å². The third-order valence-corrected chi connectivity index (χ3v) is 2.63. The van der Waals surface area contributed by atoms with Crippen LogP contribution in [-0.4, -0.2) is 21.5 Å². The summed E-state index contributed by atoms with van der Waals surface area (Å²) in [5, 5.41) is 10.6. The van der Waals surface area contributed by atoms with Gasteiger partial charge in [-0.1, -0.05) is 48.0 Å². The molecule has 0 atom stereocenters. The van der Waals surface area contributed by atoms with E-state index in [1.165, 1.54) is 0 Å². The highest BCUT2D eigenvalue weighted by Crippen LogP contribution is 2.30. The van der Waals surface area contributed by atoms with Crippen LogP contribution in [0.4, 0.5) is 5.69 Å². The average molecular weight is 292 g/mol. The van der Waals surface area contributed by atoms with Gasteiger partial charge in [-0.25, -0.2) is 4.98 Å². The van der Waals surface area contributed by atoms with Gasteiger partial charge in [0, 0.05) is 0 Å². The number of ether oxygens (including phenoxy) is 1. The number of benzene rings is 1. The molecule has 1 aromatic heterocycles. The zero-order valence-electron chi connectivity index (χ0n) is 10.3. The average Bonchev–Trinajstić information content (AvgIpc) is 2.44. The van der Waals surface area contributed by atoms with E-state index < -0.39 is 10.6 Å². The van der Waals surface area contributed by atoms with Crippen molar-refractivity contribution in [1.82, 2.24) is 9.97 Å². The zero-order valence-corrected chi connectivity index (χ0v) is 11.0. The molecule has 2 aromatic rings. The quantitative estimate of drug-likeness (QED) is 0.480. The van der Waals surface area contributed by atoms with Gasteiger partial charge < -0.3 is 4.74 Å². The SMILES string of the molecule is O=[N+]([O-])c1c(Cl)ncnc1OCC=Cc1ccccc1. The van der Waals surface area contributed by atoms with E-state index in [0.717, 1.165) is 11.9 Å². The molecule has 0 saturated heterocycles. The standard InChI is InChI=1S/C13H10ClN3O3/c14-12-11(17(18)19)13(16-9-15-12)20-8-4-7-10-5-2-1-3-6-10/h1-7,9H,8H2. The number of halogens is 1. The van der Waals surface area contributed by atoms with E-state index in [1.54, 1.807) is 6.08 Å². The van der Waals surface area contributed by atoms with Crippen LogP contribution in [0.2, 0.25) is 5.15 Å². The molecule has 1 aromatic carbocycles. The molecule has 102 valence electrons. The van der Waals surface area contributed by atoms with Crippen LogP contribution in [-0.2, 0) is 0 Å². The maximum absolute atomic E-state index is 10.8. The molecule has 0 aliphatic rings. The summed E-state index contributed by atoms with van der Waals surface area (Å²) >= 11 is 5.64. The van der Waals surface area contributed by atoms with Crippen LogP contribution in [0.25, 0.3) is 6.08 Å². The maximum Gasteiger partial charge on any atom is 0.367 e. The van der Waals surface area contributed by atoms with Crippen molar-refractivity contribution < 1.29 is 9.66 Å². The largest absolute Gasteiger partial charge is 0.468 e. The Morgan fingerprint density at radius 3 is 2.75 bits per heavy atom. The van der Waals surface area contributed by atoms with E-state index in [2.05, 4.69) is 9.97 Å². The Morgan fingerprint density at radius 1 is 1.30 bits per heavy atom. The molecule has 0 N–H and O–H groups in total. The molecule has 0 amide bonds. The van der Waals surface area contributed by atoms with Gasteiger partial charge in [-0.05, 0) is 11.6 Å². The van der Waals surface area contributed by atoms with Crippen molar-refractivity contribution in [3.8, 4) is 5.88 Å². The minimum absolute atomic E-state index is 0.142. The predicted octanol–water partition coefficient (Wildman–Crippen LogP) is 3.13. The van der Waals surface area contributed by atoms with Gasteiger partial charge in [0.1, 0.15) is 12.9 Å². The van der Waals surface area contributed by atoms with Gasteiger partial charge in [-0.2, -0.15) is 4.98 Å². The fourth-order valence-electron chi connectivity index (χ4n) is 1.48. The van der Waals surface area contributed by atoms with Gasteiger partial charge in [0.2, 0.25) is 5.15 Å². The third kappa shape index (κ3) is 3.52. The van der Waals surface area contributed by atoms with E-state index in [4.69, 9.17) is 16.3 Å². The Bertz CT molecular complexity index is 632. The van der Waals surface area contributed by atoms with Gasteiger partial charge in [0.05, 0.1) is 4.92 Å². The molecule has 7 heteroatoms. The van der Waals surface area contributed by atoms with Crippen molar-refractivity contribution in [2.45, 2.75) is 0 Å². The number of aromatic nitrogens is 2. The number of hydrogen-bond donors (Lipinski definition) is 0. The van der Waals surface area contributed by atoms with Crippen LogP contribution in [0.5, 0.6) is 5.88 Å². The highest BCUT2D eigenvalue weighted by atomic mass is 35.5. The number of nitro groups is 1. The molecule has 0 aliphatic carbocycles. The molecule has 0 bridgehead atoms. The van der Waals surface area contributed by atoms with Gasteiger partial charge in [-0.3, -0.25) is 10.1 Å². The summed E-state index contributed by atoms with van der Waals surface area (Å²) in [6.07, 6.45) is 4.69. The molecule has 2 rings (SSSR count). The van der Waals surface area contributed by atoms with Gasteiger partial charge in [-0.15, -0.1) is 0 Å². The Morgan fingerprint density at radius 2 is 2.05 bits per heavy atom. The fraction of sp³-hybridized carbons (Fsp3) is 0.0769. The number of hydrogen-bond acceptors (Lipinski definition) is 5. The minimum atomic E-state index is -0.668. The Hall–Kier alpha value is -2.47. The second kappa shape index (κ2) is 6.63. The Labute approximate surface area is 119 Å². The molecule has 0 spiro atoms. The van der Waals surface area contributed by atoms with Crippen LogP contribution in [0.3, 0.4) is 0 Å². The summed E-state index contributed by atoms with van der Waals surface area (Å²) < 4.78 is 5.24. The molecule has 0 saturated carbocycles. The number of rotatable bonds is 5. The molecule has 0 aliphatic heterocycles. The van der Waals surface area contributed by atoms with Gasteiger partial charge in [0.25, 0.3) is 5.88 Å². The first-order valence-electron chi connectivity index (χ1n) is 5.68. The molecule has 6 nitrogen and oxygen atoms in total. The lowest BCUT2D eigenvalue weighted by molar-refractivity contribution is -0.386. The summed E-state index contributed by atoms with van der Waals surface area (Å²) in [4.78, 5) is 17.4. The van der Waals surface area contributed by atoms with Crippen molar-refractivity contribution in [3.05, 3.63) is 63.6 Å². The molecule has 0 radical (unpaired) electrons. The Balaban J connectivity index is 2.03. The molecule has 0 unspecified atom stereocenters. The Kier molecular flexibility index (Phi) is 4.62. The lowest BCUT2D eigenvalue weighted by atomic mass is 10.2. The number of nitrogens with zero attached hydrogens (tertiary/aromatic N) is 3. The van der Waals surface area contributed by atoms with Crippen molar-refractivity contribution in [3.63, 3.8) is 0 Å². The van der Waals surface area contributed by atoms with E-state index in [-0.39, 0.29) is 17.6 Å².